The highest BCUT2D eigenvalue weighted by atomic mass is 35.5. The van der Waals surface area contributed by atoms with Gasteiger partial charge in [-0.1, -0.05) is 11.6 Å². The number of phenols is 1. The molecule has 146 valence electrons. The Kier molecular flexibility index (Phi) is 5.40. The van der Waals surface area contributed by atoms with Gasteiger partial charge < -0.3 is 19.6 Å². The summed E-state index contributed by atoms with van der Waals surface area (Å²) < 4.78 is 5.32. The van der Waals surface area contributed by atoms with Crippen molar-refractivity contribution in [2.75, 3.05) is 40.3 Å². The molecule has 4 rings (SSSR count). The number of pyridine rings is 1. The van der Waals surface area contributed by atoms with Crippen LogP contribution in [0.3, 0.4) is 0 Å². The first-order valence-corrected chi connectivity index (χ1v) is 10.0. The molecule has 0 amide bonds. The van der Waals surface area contributed by atoms with Gasteiger partial charge in [0.2, 0.25) is 0 Å². The fourth-order valence-corrected chi connectivity index (χ4v) is 4.41. The second-order valence-corrected chi connectivity index (χ2v) is 7.92. The van der Waals surface area contributed by atoms with Crippen LogP contribution in [0.5, 0.6) is 11.5 Å². The maximum Gasteiger partial charge on any atom is 0.151 e. The van der Waals surface area contributed by atoms with E-state index >= 15 is 0 Å². The fourth-order valence-electron chi connectivity index (χ4n) is 4.14. The number of hydrogen-bond acceptors (Lipinski definition) is 3. The molecule has 0 radical (unpaired) electrons. The molecule has 2 heterocycles. The number of phenolic OH excluding ortho intramolecular Hbond substituents is 1. The Hall–Kier alpha value is -2.34. The lowest BCUT2D eigenvalue weighted by molar-refractivity contribution is -1.02. The van der Waals surface area contributed by atoms with Gasteiger partial charge in [0.15, 0.2) is 5.75 Å². The first kappa shape index (κ1) is 19.0. The summed E-state index contributed by atoms with van der Waals surface area (Å²) in [6.07, 6.45) is 1.69. The number of quaternary nitrogens is 2. The number of ether oxygens (including phenoxy) is 1. The van der Waals surface area contributed by atoms with Gasteiger partial charge in [0.1, 0.15) is 43.5 Å². The summed E-state index contributed by atoms with van der Waals surface area (Å²) in [6.45, 7) is 4.25. The zero-order valence-corrected chi connectivity index (χ0v) is 17.0. The van der Waals surface area contributed by atoms with E-state index in [1.165, 1.54) is 4.90 Å². The minimum absolute atomic E-state index is 0.0112. The Morgan fingerprint density at radius 2 is 1.82 bits per heavy atom. The van der Waals surface area contributed by atoms with Crippen LogP contribution in [0.15, 0.2) is 48.7 Å². The predicted octanol–water partition coefficient (Wildman–Crippen LogP) is 1.10. The van der Waals surface area contributed by atoms with Gasteiger partial charge in [-0.25, -0.2) is 0 Å². The Morgan fingerprint density at radius 1 is 1.11 bits per heavy atom. The van der Waals surface area contributed by atoms with E-state index in [9.17, 15) is 5.11 Å². The molecule has 0 bridgehead atoms. The topological polar surface area (TPSA) is 51.2 Å². The van der Waals surface area contributed by atoms with Crippen LogP contribution in [-0.4, -0.2) is 50.4 Å². The summed E-state index contributed by atoms with van der Waals surface area (Å²) >= 11 is 6.59. The molecular formula is C22H26ClN3O2+2. The van der Waals surface area contributed by atoms with Gasteiger partial charge >= 0.3 is 0 Å². The third-order valence-corrected chi connectivity index (χ3v) is 6.07. The molecule has 0 aliphatic carbocycles. The van der Waals surface area contributed by atoms with E-state index in [0.717, 1.165) is 48.4 Å². The number of piperazine rings is 1. The fraction of sp³-hybridized carbons (Fsp3) is 0.318. The van der Waals surface area contributed by atoms with Gasteiger partial charge in [-0.2, -0.15) is 0 Å². The predicted molar refractivity (Wildman–Crippen MR) is 111 cm³/mol. The lowest BCUT2D eigenvalue weighted by atomic mass is 9.94. The number of hydrogen-bond donors (Lipinski definition) is 3. The van der Waals surface area contributed by atoms with Crippen LogP contribution in [-0.2, 0) is 0 Å². The first-order valence-electron chi connectivity index (χ1n) is 9.64. The van der Waals surface area contributed by atoms with Crippen LogP contribution >= 0.6 is 11.6 Å². The Bertz CT molecular complexity index is 969. The Balaban J connectivity index is 1.85. The second-order valence-electron chi connectivity index (χ2n) is 7.52. The smallest absolute Gasteiger partial charge is 0.151 e. The van der Waals surface area contributed by atoms with Crippen LogP contribution in [0, 0.1) is 0 Å². The zero-order valence-electron chi connectivity index (χ0n) is 16.2. The number of benzene rings is 2. The van der Waals surface area contributed by atoms with Crippen molar-refractivity contribution in [1.29, 1.82) is 0 Å². The number of fused-ring (bicyclic) bond motifs is 1. The zero-order chi connectivity index (χ0) is 19.7. The Labute approximate surface area is 170 Å². The normalized spacial score (nSPS) is 20.8. The monoisotopic (exact) mass is 399 g/mol. The van der Waals surface area contributed by atoms with Crippen LogP contribution in [0.2, 0.25) is 5.02 Å². The van der Waals surface area contributed by atoms with Gasteiger partial charge in [0.05, 0.1) is 24.7 Å². The molecule has 1 aromatic heterocycles. The molecule has 0 spiro atoms. The average molecular weight is 400 g/mol. The lowest BCUT2D eigenvalue weighted by Gasteiger charge is -2.34. The van der Waals surface area contributed by atoms with E-state index in [1.807, 2.05) is 30.3 Å². The number of rotatable bonds is 4. The molecule has 1 fully saturated rings. The minimum atomic E-state index is -0.0112. The molecule has 5 nitrogen and oxygen atoms in total. The van der Waals surface area contributed by atoms with Crippen molar-refractivity contribution in [2.45, 2.75) is 6.04 Å². The second kappa shape index (κ2) is 7.95. The van der Waals surface area contributed by atoms with Gasteiger partial charge in [-0.05, 0) is 42.5 Å². The van der Waals surface area contributed by atoms with Gasteiger partial charge in [0.25, 0.3) is 0 Å². The molecular weight excluding hydrogens is 374 g/mol. The molecule has 3 N–H and O–H groups in total. The third-order valence-electron chi connectivity index (χ3n) is 5.76. The van der Waals surface area contributed by atoms with E-state index in [0.29, 0.717) is 10.5 Å². The summed E-state index contributed by atoms with van der Waals surface area (Å²) in [7, 11) is 3.90. The molecule has 0 saturated carbocycles. The van der Waals surface area contributed by atoms with Crippen LogP contribution in [0.25, 0.3) is 10.9 Å². The van der Waals surface area contributed by atoms with Crippen molar-refractivity contribution < 1.29 is 19.6 Å². The van der Waals surface area contributed by atoms with Crippen LogP contribution < -0.4 is 14.5 Å². The number of halogens is 1. The SMILES string of the molecule is COc1ccc([C@H](c2cc(Cl)c3cccnc3c2O)[NH+]2CC[NH+](C)CC2)cc1. The van der Waals surface area contributed by atoms with Crippen LogP contribution in [0.4, 0.5) is 0 Å². The summed E-state index contributed by atoms with van der Waals surface area (Å²) in [6, 6.07) is 13.7. The minimum Gasteiger partial charge on any atom is -0.505 e. The molecule has 2 aromatic carbocycles. The maximum absolute atomic E-state index is 11.1. The van der Waals surface area contributed by atoms with E-state index in [4.69, 9.17) is 16.3 Å². The highest BCUT2D eigenvalue weighted by molar-refractivity contribution is 6.35. The highest BCUT2D eigenvalue weighted by Gasteiger charge is 2.33. The van der Waals surface area contributed by atoms with Gasteiger partial charge in [0, 0.05) is 17.1 Å². The third kappa shape index (κ3) is 3.53. The molecule has 1 atom stereocenters. The standard InChI is InChI=1S/C22H24ClN3O2/c1-25-10-12-26(13-11-25)21(15-5-7-16(28-2)8-6-15)18-14-19(23)17-4-3-9-24-20(17)22(18)27/h3-9,14,21,27H,10-13H2,1-2H3/p+2/t21-/m1/s1. The maximum atomic E-state index is 11.1. The van der Waals surface area contributed by atoms with Gasteiger partial charge in [-0.3, -0.25) is 4.98 Å². The lowest BCUT2D eigenvalue weighted by Crippen LogP contribution is -3.27. The number of nitrogens with zero attached hydrogens (tertiary/aromatic N) is 1. The average Bonchev–Trinajstić information content (AvgIpc) is 2.73. The molecule has 6 heteroatoms. The van der Waals surface area contributed by atoms with Gasteiger partial charge in [-0.15, -0.1) is 0 Å². The van der Waals surface area contributed by atoms with E-state index in [-0.39, 0.29) is 11.8 Å². The van der Waals surface area contributed by atoms with E-state index < -0.39 is 0 Å². The molecule has 1 aliphatic heterocycles. The quantitative estimate of drug-likeness (QED) is 0.616. The number of aromatic hydroxyl groups is 1. The first-order chi connectivity index (χ1) is 13.6. The van der Waals surface area contributed by atoms with Crippen molar-refractivity contribution in [3.05, 3.63) is 64.8 Å². The van der Waals surface area contributed by atoms with Crippen molar-refractivity contribution in [3.8, 4) is 11.5 Å². The van der Waals surface area contributed by atoms with E-state index in [1.54, 1.807) is 18.2 Å². The summed E-state index contributed by atoms with van der Waals surface area (Å²) in [5.74, 6) is 1.04. The molecule has 1 saturated heterocycles. The Morgan fingerprint density at radius 3 is 2.50 bits per heavy atom. The van der Waals surface area contributed by atoms with E-state index in [2.05, 4.69) is 24.2 Å². The number of aromatic nitrogens is 1. The molecule has 28 heavy (non-hydrogen) atoms. The number of nitrogens with one attached hydrogen (secondary N) is 2. The van der Waals surface area contributed by atoms with Crippen molar-refractivity contribution in [1.82, 2.24) is 4.98 Å². The molecule has 3 aromatic rings. The summed E-state index contributed by atoms with van der Waals surface area (Å²) in [5.41, 5.74) is 2.52. The summed E-state index contributed by atoms with van der Waals surface area (Å²) in [4.78, 5) is 7.36. The van der Waals surface area contributed by atoms with Crippen LogP contribution in [0.1, 0.15) is 17.2 Å². The largest absolute Gasteiger partial charge is 0.505 e. The summed E-state index contributed by atoms with van der Waals surface area (Å²) in [5, 5.41) is 12.5. The van der Waals surface area contributed by atoms with Crippen molar-refractivity contribution in [2.24, 2.45) is 0 Å². The highest BCUT2D eigenvalue weighted by Crippen LogP contribution is 2.37. The van der Waals surface area contributed by atoms with Crippen molar-refractivity contribution >= 4 is 22.5 Å². The molecule has 1 aliphatic rings. The number of likely N-dealkylation sites (N-methyl/N-ethyl adjacent to an activating group) is 1. The van der Waals surface area contributed by atoms with Crippen molar-refractivity contribution in [3.63, 3.8) is 0 Å². The molecule has 0 unspecified atom stereocenters. The number of methoxy groups -OCH3 is 1.